The minimum Gasteiger partial charge on any atom is -0.507 e. The smallest absolute Gasteiger partial charge is 0.295 e. The van der Waals surface area contributed by atoms with Gasteiger partial charge < -0.3 is 14.7 Å². The lowest BCUT2D eigenvalue weighted by Gasteiger charge is -2.24. The highest BCUT2D eigenvalue weighted by molar-refractivity contribution is 6.46. The molecule has 1 aromatic heterocycles. The van der Waals surface area contributed by atoms with Gasteiger partial charge in [0.15, 0.2) is 0 Å². The van der Waals surface area contributed by atoms with E-state index in [9.17, 15) is 14.7 Å². The van der Waals surface area contributed by atoms with E-state index in [2.05, 4.69) is 4.98 Å². The highest BCUT2D eigenvalue weighted by atomic mass is 35.5. The highest BCUT2D eigenvalue weighted by Gasteiger charge is 2.46. The first-order valence-corrected chi connectivity index (χ1v) is 8.86. The first-order chi connectivity index (χ1) is 13.0. The normalized spacial score (nSPS) is 18.9. The van der Waals surface area contributed by atoms with Crippen molar-refractivity contribution in [1.29, 1.82) is 0 Å². The van der Waals surface area contributed by atoms with Crippen LogP contribution in [0.4, 0.5) is 0 Å². The van der Waals surface area contributed by atoms with Crippen LogP contribution in [0, 0.1) is 0 Å². The second-order valence-corrected chi connectivity index (χ2v) is 6.54. The number of halogens is 1. The first-order valence-electron chi connectivity index (χ1n) is 8.48. The molecule has 1 aliphatic heterocycles. The van der Waals surface area contributed by atoms with Crippen LogP contribution in [0.25, 0.3) is 5.76 Å². The van der Waals surface area contributed by atoms with Crippen molar-refractivity contribution in [2.24, 2.45) is 0 Å². The Hall–Kier alpha value is -2.70. The molecule has 6 nitrogen and oxygen atoms in total. The molecule has 2 heterocycles. The Kier molecular flexibility index (Phi) is 5.88. The molecule has 1 unspecified atom stereocenters. The number of hydrogen-bond acceptors (Lipinski definition) is 5. The van der Waals surface area contributed by atoms with E-state index in [0.29, 0.717) is 35.9 Å². The predicted molar refractivity (Wildman–Crippen MR) is 101 cm³/mol. The summed E-state index contributed by atoms with van der Waals surface area (Å²) in [6, 6.07) is 11.0. The third-order valence-corrected chi connectivity index (χ3v) is 4.59. The molecule has 7 heteroatoms. The van der Waals surface area contributed by atoms with Crippen LogP contribution in [0.5, 0.6) is 0 Å². The fourth-order valence-corrected chi connectivity index (χ4v) is 3.32. The SMILES string of the molecule is COCCCN1C(=O)C(=O)/C(=C(\O)c2cccc(Cl)c2)C1c1ccccn1. The van der Waals surface area contributed by atoms with Crippen LogP contribution in [0.15, 0.2) is 54.2 Å². The third-order valence-electron chi connectivity index (χ3n) is 4.35. The van der Waals surface area contributed by atoms with Gasteiger partial charge in [-0.15, -0.1) is 0 Å². The topological polar surface area (TPSA) is 79.7 Å². The van der Waals surface area contributed by atoms with E-state index in [1.807, 2.05) is 0 Å². The number of nitrogens with zero attached hydrogens (tertiary/aromatic N) is 2. The molecule has 1 aliphatic rings. The number of pyridine rings is 1. The summed E-state index contributed by atoms with van der Waals surface area (Å²) in [4.78, 5) is 31.1. The zero-order chi connectivity index (χ0) is 19.4. The number of aromatic nitrogens is 1. The van der Waals surface area contributed by atoms with Crippen LogP contribution < -0.4 is 0 Å². The molecule has 1 fully saturated rings. The van der Waals surface area contributed by atoms with Crippen molar-refractivity contribution >= 4 is 29.1 Å². The van der Waals surface area contributed by atoms with Crippen LogP contribution in [0.1, 0.15) is 23.7 Å². The van der Waals surface area contributed by atoms with Gasteiger partial charge in [-0.25, -0.2) is 0 Å². The number of likely N-dealkylation sites (tertiary alicyclic amines) is 1. The fraction of sp³-hybridized carbons (Fsp3) is 0.250. The van der Waals surface area contributed by atoms with Crippen molar-refractivity contribution in [3.05, 3.63) is 70.5 Å². The van der Waals surface area contributed by atoms with Gasteiger partial charge in [-0.3, -0.25) is 14.6 Å². The maximum atomic E-state index is 12.7. The van der Waals surface area contributed by atoms with Crippen LogP contribution in [-0.2, 0) is 14.3 Å². The number of ether oxygens (including phenoxy) is 1. The molecular weight excluding hydrogens is 368 g/mol. The number of Topliss-reactive ketones (excluding diaryl/α,β-unsaturated/α-hetero) is 1. The number of aliphatic hydroxyl groups excluding tert-OH is 1. The number of hydrogen-bond donors (Lipinski definition) is 1. The maximum absolute atomic E-state index is 12.7. The molecule has 2 aromatic rings. The monoisotopic (exact) mass is 386 g/mol. The van der Waals surface area contributed by atoms with Gasteiger partial charge in [0.05, 0.1) is 11.3 Å². The molecule has 1 aromatic carbocycles. The molecule has 140 valence electrons. The van der Waals surface area contributed by atoms with Crippen molar-refractivity contribution in [2.75, 3.05) is 20.3 Å². The second-order valence-electron chi connectivity index (χ2n) is 6.10. The van der Waals surface area contributed by atoms with Gasteiger partial charge in [0.25, 0.3) is 11.7 Å². The van der Waals surface area contributed by atoms with Gasteiger partial charge >= 0.3 is 0 Å². The van der Waals surface area contributed by atoms with Crippen LogP contribution in [-0.4, -0.2) is 46.9 Å². The molecule has 1 amide bonds. The van der Waals surface area contributed by atoms with Gasteiger partial charge in [0.1, 0.15) is 11.8 Å². The maximum Gasteiger partial charge on any atom is 0.295 e. The largest absolute Gasteiger partial charge is 0.507 e. The molecule has 1 atom stereocenters. The van der Waals surface area contributed by atoms with E-state index < -0.39 is 17.7 Å². The molecule has 3 rings (SSSR count). The summed E-state index contributed by atoms with van der Waals surface area (Å²) in [5.41, 5.74) is 0.898. The van der Waals surface area contributed by atoms with Gasteiger partial charge in [-0.2, -0.15) is 0 Å². The Morgan fingerprint density at radius 3 is 2.74 bits per heavy atom. The van der Waals surface area contributed by atoms with Gasteiger partial charge in [-0.1, -0.05) is 29.8 Å². The zero-order valence-electron chi connectivity index (χ0n) is 14.8. The average Bonchev–Trinajstić information content (AvgIpc) is 2.93. The van der Waals surface area contributed by atoms with E-state index in [1.54, 1.807) is 55.8 Å². The van der Waals surface area contributed by atoms with Gasteiger partial charge in [0, 0.05) is 37.0 Å². The standard InChI is InChI=1S/C20H19ClN2O4/c1-27-11-5-10-23-17(15-8-2-3-9-22-15)16(19(25)20(23)26)18(24)13-6-4-7-14(21)12-13/h2-4,6-9,12,17,24H,5,10-11H2,1H3/b18-16-. The Morgan fingerprint density at radius 1 is 1.26 bits per heavy atom. The number of methoxy groups -OCH3 is 1. The second kappa shape index (κ2) is 8.33. The predicted octanol–water partition coefficient (Wildman–Crippen LogP) is 3.19. The van der Waals surface area contributed by atoms with Crippen molar-refractivity contribution in [2.45, 2.75) is 12.5 Å². The Labute approximate surface area is 162 Å². The van der Waals surface area contributed by atoms with Crippen LogP contribution >= 0.6 is 11.6 Å². The minimum atomic E-state index is -0.762. The minimum absolute atomic E-state index is 0.0124. The lowest BCUT2D eigenvalue weighted by molar-refractivity contribution is -0.140. The zero-order valence-corrected chi connectivity index (χ0v) is 15.5. The average molecular weight is 387 g/mol. The molecule has 1 N–H and O–H groups in total. The first kappa shape index (κ1) is 19.1. The number of carbonyl (C=O) groups excluding carboxylic acids is 2. The molecule has 0 aliphatic carbocycles. The van der Waals surface area contributed by atoms with E-state index in [-0.39, 0.29) is 11.3 Å². The van der Waals surface area contributed by atoms with E-state index >= 15 is 0 Å². The number of amides is 1. The van der Waals surface area contributed by atoms with E-state index in [1.165, 1.54) is 4.90 Å². The van der Waals surface area contributed by atoms with Crippen LogP contribution in [0.2, 0.25) is 5.02 Å². The lowest BCUT2D eigenvalue weighted by atomic mass is 9.98. The van der Waals surface area contributed by atoms with Crippen LogP contribution in [0.3, 0.4) is 0 Å². The van der Waals surface area contributed by atoms with E-state index in [0.717, 1.165) is 0 Å². The van der Waals surface area contributed by atoms with Crippen molar-refractivity contribution in [1.82, 2.24) is 9.88 Å². The van der Waals surface area contributed by atoms with Crippen molar-refractivity contribution in [3.8, 4) is 0 Å². The fourth-order valence-electron chi connectivity index (χ4n) is 3.13. The number of ketones is 1. The summed E-state index contributed by atoms with van der Waals surface area (Å²) in [6.45, 7) is 0.762. The number of carbonyl (C=O) groups is 2. The summed E-state index contributed by atoms with van der Waals surface area (Å²) >= 11 is 6.00. The summed E-state index contributed by atoms with van der Waals surface area (Å²) < 4.78 is 5.05. The van der Waals surface area contributed by atoms with Crippen molar-refractivity contribution < 1.29 is 19.4 Å². The van der Waals surface area contributed by atoms with Gasteiger partial charge in [-0.05, 0) is 30.7 Å². The van der Waals surface area contributed by atoms with Crippen molar-refractivity contribution in [3.63, 3.8) is 0 Å². The summed E-state index contributed by atoms with van der Waals surface area (Å²) in [6.07, 6.45) is 2.15. The summed E-state index contributed by atoms with van der Waals surface area (Å²) in [7, 11) is 1.57. The third kappa shape index (κ3) is 3.86. The summed E-state index contributed by atoms with van der Waals surface area (Å²) in [5.74, 6) is -1.66. The molecule has 0 radical (unpaired) electrons. The molecular formula is C20H19ClN2O4. The number of rotatable bonds is 6. The number of benzene rings is 1. The number of aliphatic hydroxyl groups is 1. The summed E-state index contributed by atoms with van der Waals surface area (Å²) in [5, 5.41) is 11.2. The highest BCUT2D eigenvalue weighted by Crippen LogP contribution is 2.38. The molecule has 0 saturated carbocycles. The molecule has 1 saturated heterocycles. The quantitative estimate of drug-likeness (QED) is 0.357. The Morgan fingerprint density at radius 2 is 2.07 bits per heavy atom. The molecule has 27 heavy (non-hydrogen) atoms. The van der Waals surface area contributed by atoms with Gasteiger partial charge in [0.2, 0.25) is 0 Å². The Bertz CT molecular complexity index is 883. The molecule has 0 spiro atoms. The lowest BCUT2D eigenvalue weighted by Crippen LogP contribution is -2.31. The van der Waals surface area contributed by atoms with E-state index in [4.69, 9.17) is 16.3 Å². The Balaban J connectivity index is 2.11. The molecule has 0 bridgehead atoms.